The summed E-state index contributed by atoms with van der Waals surface area (Å²) in [5.74, 6) is 0.409. The van der Waals surface area contributed by atoms with Gasteiger partial charge in [-0.05, 0) is 24.1 Å². The largest absolute Gasteiger partial charge is 0.355 e. The summed E-state index contributed by atoms with van der Waals surface area (Å²) in [6.07, 6.45) is 0. The lowest BCUT2D eigenvalue weighted by Crippen LogP contribution is -2.41. The van der Waals surface area contributed by atoms with Gasteiger partial charge in [0, 0.05) is 32.6 Å². The molecule has 0 radical (unpaired) electrons. The van der Waals surface area contributed by atoms with Crippen LogP contribution in [0.1, 0.15) is 25.0 Å². The minimum absolute atomic E-state index is 0. The topological polar surface area (TPSA) is 65.5 Å². The smallest absolute Gasteiger partial charge is 0.222 e. The van der Waals surface area contributed by atoms with E-state index in [0.717, 1.165) is 5.56 Å². The lowest BCUT2D eigenvalue weighted by molar-refractivity contribution is -0.123. The van der Waals surface area contributed by atoms with Crippen LogP contribution in [-0.2, 0) is 11.3 Å². The zero-order valence-corrected chi connectivity index (χ0v) is 16.4. The fraction of sp³-hybridized carbons (Fsp3) is 0.500. The van der Waals surface area contributed by atoms with Crippen molar-refractivity contribution in [2.75, 3.05) is 20.1 Å². The summed E-state index contributed by atoms with van der Waals surface area (Å²) in [5, 5.41) is 9.01. The van der Waals surface area contributed by atoms with Gasteiger partial charge in [-0.3, -0.25) is 9.79 Å². The molecule has 1 amide bonds. The zero-order valence-electron chi connectivity index (χ0n) is 14.1. The van der Waals surface area contributed by atoms with Crippen LogP contribution in [0.25, 0.3) is 0 Å². The minimum Gasteiger partial charge on any atom is -0.355 e. The number of nitrogens with zero attached hydrogens (tertiary/aromatic N) is 1. The lowest BCUT2D eigenvalue weighted by atomic mass is 10.1. The third-order valence-corrected chi connectivity index (χ3v) is 3.16. The highest BCUT2D eigenvalue weighted by molar-refractivity contribution is 14.0. The minimum atomic E-state index is -0.210. The van der Waals surface area contributed by atoms with Crippen LogP contribution in [0.4, 0.5) is 4.39 Å². The van der Waals surface area contributed by atoms with E-state index in [1.807, 2.05) is 19.9 Å². The van der Waals surface area contributed by atoms with Crippen LogP contribution in [0.2, 0.25) is 0 Å². The quantitative estimate of drug-likeness (QED) is 0.277. The van der Waals surface area contributed by atoms with E-state index in [9.17, 15) is 9.18 Å². The van der Waals surface area contributed by atoms with Crippen LogP contribution in [0.5, 0.6) is 0 Å². The van der Waals surface area contributed by atoms with E-state index in [2.05, 4.69) is 20.9 Å². The highest BCUT2D eigenvalue weighted by atomic mass is 127. The molecule has 0 aliphatic rings. The third kappa shape index (κ3) is 8.15. The maximum atomic E-state index is 13.5. The Morgan fingerprint density at radius 2 is 1.87 bits per heavy atom. The molecule has 0 saturated heterocycles. The molecule has 0 heterocycles. The van der Waals surface area contributed by atoms with Crippen molar-refractivity contribution >= 4 is 35.8 Å². The standard InChI is InChI=1S/C16H25FN4O.HI/c1-11(2)15(22)19-7-8-20-16(18-4)21-10-13-6-5-12(3)14(17)9-13;/h5-6,9,11H,7-8,10H2,1-4H3,(H,19,22)(H2,18,20,21);1H. The summed E-state index contributed by atoms with van der Waals surface area (Å²) >= 11 is 0. The summed E-state index contributed by atoms with van der Waals surface area (Å²) in [6, 6.07) is 5.14. The highest BCUT2D eigenvalue weighted by Gasteiger charge is 2.05. The molecular formula is C16H26FIN4O. The van der Waals surface area contributed by atoms with E-state index in [-0.39, 0.29) is 41.6 Å². The monoisotopic (exact) mass is 436 g/mol. The number of hydrogen-bond acceptors (Lipinski definition) is 2. The fourth-order valence-electron chi connectivity index (χ4n) is 1.72. The first-order valence-electron chi connectivity index (χ1n) is 7.41. The molecule has 1 aromatic rings. The number of carbonyl (C=O) groups excluding carboxylic acids is 1. The van der Waals surface area contributed by atoms with Crippen molar-refractivity contribution in [1.29, 1.82) is 0 Å². The van der Waals surface area contributed by atoms with Gasteiger partial charge in [0.1, 0.15) is 5.82 Å². The Morgan fingerprint density at radius 1 is 1.22 bits per heavy atom. The average Bonchev–Trinajstić information content (AvgIpc) is 2.49. The Balaban J connectivity index is 0.00000484. The number of benzene rings is 1. The van der Waals surface area contributed by atoms with E-state index in [1.165, 1.54) is 6.07 Å². The predicted octanol–water partition coefficient (Wildman–Crippen LogP) is 2.19. The van der Waals surface area contributed by atoms with E-state index in [0.29, 0.717) is 31.2 Å². The van der Waals surface area contributed by atoms with Gasteiger partial charge >= 0.3 is 0 Å². The molecule has 1 aromatic carbocycles. The summed E-state index contributed by atoms with van der Waals surface area (Å²) in [6.45, 7) is 7.01. The summed E-state index contributed by atoms with van der Waals surface area (Å²) < 4.78 is 13.5. The molecule has 23 heavy (non-hydrogen) atoms. The fourth-order valence-corrected chi connectivity index (χ4v) is 1.72. The molecule has 0 saturated carbocycles. The van der Waals surface area contributed by atoms with Crippen molar-refractivity contribution in [2.24, 2.45) is 10.9 Å². The van der Waals surface area contributed by atoms with Crippen LogP contribution >= 0.6 is 24.0 Å². The molecule has 0 bridgehead atoms. The van der Waals surface area contributed by atoms with E-state index in [4.69, 9.17) is 0 Å². The number of nitrogens with one attached hydrogen (secondary N) is 3. The molecule has 0 spiro atoms. The molecule has 0 unspecified atom stereocenters. The first-order chi connectivity index (χ1) is 10.4. The van der Waals surface area contributed by atoms with Crippen molar-refractivity contribution in [1.82, 2.24) is 16.0 Å². The molecule has 0 aromatic heterocycles. The van der Waals surface area contributed by atoms with Crippen LogP contribution in [0.3, 0.4) is 0 Å². The van der Waals surface area contributed by atoms with Crippen molar-refractivity contribution in [3.63, 3.8) is 0 Å². The van der Waals surface area contributed by atoms with E-state index >= 15 is 0 Å². The van der Waals surface area contributed by atoms with Gasteiger partial charge in [-0.25, -0.2) is 4.39 Å². The summed E-state index contributed by atoms with van der Waals surface area (Å²) in [7, 11) is 1.66. The first-order valence-corrected chi connectivity index (χ1v) is 7.41. The Kier molecular flexibility index (Phi) is 10.5. The van der Waals surface area contributed by atoms with Gasteiger partial charge in [-0.1, -0.05) is 26.0 Å². The molecule has 1 rings (SSSR count). The van der Waals surface area contributed by atoms with Crippen molar-refractivity contribution < 1.29 is 9.18 Å². The van der Waals surface area contributed by atoms with Crippen molar-refractivity contribution in [3.05, 3.63) is 35.1 Å². The van der Waals surface area contributed by atoms with Crippen molar-refractivity contribution in [3.8, 4) is 0 Å². The number of aliphatic imine (C=N–C) groups is 1. The van der Waals surface area contributed by atoms with Gasteiger partial charge in [0.05, 0.1) is 0 Å². The van der Waals surface area contributed by atoms with Gasteiger partial charge in [0.25, 0.3) is 0 Å². The second-order valence-corrected chi connectivity index (χ2v) is 5.38. The number of amides is 1. The lowest BCUT2D eigenvalue weighted by Gasteiger charge is -2.13. The second kappa shape index (κ2) is 11.2. The molecule has 0 aliphatic carbocycles. The average molecular weight is 436 g/mol. The Labute approximate surface area is 154 Å². The Morgan fingerprint density at radius 3 is 2.43 bits per heavy atom. The van der Waals surface area contributed by atoms with Gasteiger partial charge < -0.3 is 16.0 Å². The number of carbonyl (C=O) groups is 1. The maximum absolute atomic E-state index is 13.5. The maximum Gasteiger partial charge on any atom is 0.222 e. The van der Waals surface area contributed by atoms with Gasteiger partial charge in [-0.15, -0.1) is 24.0 Å². The van der Waals surface area contributed by atoms with Crippen molar-refractivity contribution in [2.45, 2.75) is 27.3 Å². The number of hydrogen-bond donors (Lipinski definition) is 3. The highest BCUT2D eigenvalue weighted by Crippen LogP contribution is 2.08. The molecule has 0 atom stereocenters. The van der Waals surface area contributed by atoms with Crippen LogP contribution in [0.15, 0.2) is 23.2 Å². The summed E-state index contributed by atoms with van der Waals surface area (Å²) in [5.41, 5.74) is 1.48. The van der Waals surface area contributed by atoms with Gasteiger partial charge in [0.2, 0.25) is 5.91 Å². The number of guanidine groups is 1. The van der Waals surface area contributed by atoms with E-state index in [1.54, 1.807) is 20.0 Å². The number of aryl methyl sites for hydroxylation is 1. The molecule has 0 fully saturated rings. The molecule has 0 aliphatic heterocycles. The molecular weight excluding hydrogens is 410 g/mol. The van der Waals surface area contributed by atoms with E-state index < -0.39 is 0 Å². The first kappa shape index (κ1) is 21.6. The van der Waals surface area contributed by atoms with Crippen LogP contribution in [-0.4, -0.2) is 32.0 Å². The summed E-state index contributed by atoms with van der Waals surface area (Å²) in [4.78, 5) is 15.5. The zero-order chi connectivity index (χ0) is 16.5. The van der Waals surface area contributed by atoms with Crippen LogP contribution < -0.4 is 16.0 Å². The predicted molar refractivity (Wildman–Crippen MR) is 103 cm³/mol. The second-order valence-electron chi connectivity index (χ2n) is 5.38. The van der Waals surface area contributed by atoms with Crippen LogP contribution in [0, 0.1) is 18.7 Å². The Hall–Kier alpha value is -1.38. The van der Waals surface area contributed by atoms with Gasteiger partial charge in [0.15, 0.2) is 5.96 Å². The molecule has 5 nitrogen and oxygen atoms in total. The number of rotatable bonds is 6. The molecule has 3 N–H and O–H groups in total. The molecule has 130 valence electrons. The Bertz CT molecular complexity index is 535. The third-order valence-electron chi connectivity index (χ3n) is 3.16. The normalized spacial score (nSPS) is 11.0. The number of halogens is 2. The molecule has 7 heteroatoms. The SMILES string of the molecule is CN=C(NCCNC(=O)C(C)C)NCc1ccc(C)c(F)c1.I. The van der Waals surface area contributed by atoms with Gasteiger partial charge in [-0.2, -0.15) is 0 Å².